The molecule has 0 aliphatic heterocycles. The van der Waals surface area contributed by atoms with Gasteiger partial charge in [-0.3, -0.25) is 0 Å². The summed E-state index contributed by atoms with van der Waals surface area (Å²) in [5.41, 5.74) is 0. The lowest BCUT2D eigenvalue weighted by molar-refractivity contribution is 0.390. The first-order chi connectivity index (χ1) is 8.95. The van der Waals surface area contributed by atoms with Gasteiger partial charge >= 0.3 is 0 Å². The molecule has 0 spiro atoms. The van der Waals surface area contributed by atoms with Crippen molar-refractivity contribution in [3.63, 3.8) is 0 Å². The Hall–Kier alpha value is -0.290. The maximum Gasteiger partial charge on any atom is 0.242 e. The van der Waals surface area contributed by atoms with Crippen molar-refractivity contribution >= 4 is 33.2 Å². The van der Waals surface area contributed by atoms with E-state index < -0.39 is 10.0 Å². The summed E-state index contributed by atoms with van der Waals surface area (Å²) in [4.78, 5) is 0.0736. The molecule has 2 aliphatic carbocycles. The second kappa shape index (κ2) is 4.92. The van der Waals surface area contributed by atoms with Gasteiger partial charge in [-0.1, -0.05) is 29.6 Å². The van der Waals surface area contributed by atoms with Crippen LogP contribution in [-0.4, -0.2) is 14.5 Å². The van der Waals surface area contributed by atoms with Crippen LogP contribution in [0.15, 0.2) is 23.1 Å². The molecule has 1 aromatic rings. The monoisotopic (exact) mass is 319 g/mol. The number of sulfonamides is 1. The van der Waals surface area contributed by atoms with Crippen molar-refractivity contribution in [1.29, 1.82) is 0 Å². The first-order valence-electron chi connectivity index (χ1n) is 6.43. The van der Waals surface area contributed by atoms with Gasteiger partial charge in [-0.2, -0.15) is 0 Å². The number of hydrogen-bond acceptors (Lipinski definition) is 2. The van der Waals surface area contributed by atoms with Gasteiger partial charge in [0.2, 0.25) is 10.0 Å². The Balaban J connectivity index is 1.85. The van der Waals surface area contributed by atoms with Crippen molar-refractivity contribution in [3.05, 3.63) is 28.2 Å². The van der Waals surface area contributed by atoms with Gasteiger partial charge in [-0.25, -0.2) is 13.1 Å². The summed E-state index contributed by atoms with van der Waals surface area (Å²) in [7, 11) is -3.59. The van der Waals surface area contributed by atoms with Crippen LogP contribution in [0.4, 0.5) is 0 Å². The number of rotatable bonds is 3. The molecule has 3 rings (SSSR count). The van der Waals surface area contributed by atoms with E-state index in [1.165, 1.54) is 18.6 Å². The summed E-state index contributed by atoms with van der Waals surface area (Å²) in [6, 6.07) is 4.55. The molecule has 2 aliphatic rings. The fourth-order valence-corrected chi connectivity index (χ4v) is 5.42. The second-order valence-electron chi connectivity index (χ2n) is 5.48. The van der Waals surface area contributed by atoms with Crippen LogP contribution in [0.1, 0.15) is 25.7 Å². The van der Waals surface area contributed by atoms with E-state index in [1.54, 1.807) is 6.07 Å². The molecule has 0 unspecified atom stereocenters. The number of nitrogens with one attached hydrogen (secondary N) is 1. The van der Waals surface area contributed by atoms with E-state index in [1.807, 2.05) is 0 Å². The van der Waals surface area contributed by atoms with Crippen LogP contribution in [0.3, 0.4) is 0 Å². The zero-order valence-corrected chi connectivity index (χ0v) is 12.6. The fourth-order valence-electron chi connectivity index (χ4n) is 3.33. The van der Waals surface area contributed by atoms with Gasteiger partial charge in [-0.15, -0.1) is 0 Å². The highest BCUT2D eigenvalue weighted by Crippen LogP contribution is 2.45. The predicted molar refractivity (Wildman–Crippen MR) is 76.0 cm³/mol. The van der Waals surface area contributed by atoms with Crippen molar-refractivity contribution in [2.75, 3.05) is 0 Å². The van der Waals surface area contributed by atoms with Crippen LogP contribution in [0.2, 0.25) is 10.0 Å². The Kier molecular flexibility index (Phi) is 3.54. The van der Waals surface area contributed by atoms with Gasteiger partial charge in [0, 0.05) is 11.1 Å². The standard InChI is InChI=1S/C13H15Cl2NO2S/c14-10-3-4-11(15)13(7-10)19(17,18)16-12-6-8-1-2-9(12)5-8/h3-4,7-9,12,16H,1-2,5-6H2/t8-,9+,12-/m0/s1. The molecule has 6 heteroatoms. The molecular formula is C13H15Cl2NO2S. The Bertz CT molecular complexity index is 603. The fraction of sp³-hybridized carbons (Fsp3) is 0.538. The Labute approximate surface area is 123 Å². The van der Waals surface area contributed by atoms with Gasteiger partial charge in [-0.05, 0) is 49.3 Å². The lowest BCUT2D eigenvalue weighted by atomic mass is 9.96. The lowest BCUT2D eigenvalue weighted by Crippen LogP contribution is -2.38. The van der Waals surface area contributed by atoms with Gasteiger partial charge in [0.05, 0.1) is 5.02 Å². The van der Waals surface area contributed by atoms with Gasteiger partial charge in [0.15, 0.2) is 0 Å². The Morgan fingerprint density at radius 2 is 1.95 bits per heavy atom. The molecule has 19 heavy (non-hydrogen) atoms. The SMILES string of the molecule is O=S(=O)(N[C@H]1C[C@H]2CC[C@@H]1C2)c1cc(Cl)ccc1Cl. The van der Waals surface area contributed by atoms with Gasteiger partial charge < -0.3 is 0 Å². The number of hydrogen-bond donors (Lipinski definition) is 1. The van der Waals surface area contributed by atoms with E-state index in [0.29, 0.717) is 16.9 Å². The van der Waals surface area contributed by atoms with Crippen LogP contribution >= 0.6 is 23.2 Å². The summed E-state index contributed by atoms with van der Waals surface area (Å²) in [6.07, 6.45) is 4.46. The molecule has 1 aromatic carbocycles. The van der Waals surface area contributed by atoms with E-state index in [2.05, 4.69) is 4.72 Å². The van der Waals surface area contributed by atoms with E-state index in [-0.39, 0.29) is 16.0 Å². The second-order valence-corrected chi connectivity index (χ2v) is 8.00. The largest absolute Gasteiger partial charge is 0.242 e. The normalized spacial score (nSPS) is 29.9. The maximum absolute atomic E-state index is 12.4. The highest BCUT2D eigenvalue weighted by molar-refractivity contribution is 7.89. The van der Waals surface area contributed by atoms with E-state index in [9.17, 15) is 8.42 Å². The zero-order valence-electron chi connectivity index (χ0n) is 10.3. The maximum atomic E-state index is 12.4. The van der Waals surface area contributed by atoms with Crippen molar-refractivity contribution in [1.82, 2.24) is 4.72 Å². The summed E-state index contributed by atoms with van der Waals surface area (Å²) in [5.74, 6) is 1.17. The highest BCUT2D eigenvalue weighted by atomic mass is 35.5. The average molecular weight is 320 g/mol. The van der Waals surface area contributed by atoms with Crippen LogP contribution in [0.5, 0.6) is 0 Å². The molecule has 0 aromatic heterocycles. The molecule has 104 valence electrons. The molecule has 1 N–H and O–H groups in total. The van der Waals surface area contributed by atoms with Crippen LogP contribution in [0, 0.1) is 11.8 Å². The first-order valence-corrected chi connectivity index (χ1v) is 8.67. The molecule has 0 radical (unpaired) electrons. The number of halogens is 2. The number of fused-ring (bicyclic) bond motifs is 2. The minimum atomic E-state index is -3.59. The van der Waals surface area contributed by atoms with E-state index >= 15 is 0 Å². The zero-order chi connectivity index (χ0) is 13.6. The first kappa shape index (κ1) is 13.7. The third-order valence-electron chi connectivity index (χ3n) is 4.23. The third-order valence-corrected chi connectivity index (χ3v) is 6.43. The van der Waals surface area contributed by atoms with E-state index in [0.717, 1.165) is 19.3 Å². The third kappa shape index (κ3) is 2.64. The van der Waals surface area contributed by atoms with Crippen LogP contribution in [-0.2, 0) is 10.0 Å². The van der Waals surface area contributed by atoms with Crippen molar-refractivity contribution < 1.29 is 8.42 Å². The molecule has 0 saturated heterocycles. The van der Waals surface area contributed by atoms with E-state index in [4.69, 9.17) is 23.2 Å². The predicted octanol–water partition coefficient (Wildman–Crippen LogP) is 3.46. The molecule has 0 heterocycles. The average Bonchev–Trinajstić information content (AvgIpc) is 2.93. The molecule has 0 amide bonds. The molecule has 2 fully saturated rings. The van der Waals surface area contributed by atoms with Gasteiger partial charge in [0.25, 0.3) is 0 Å². The van der Waals surface area contributed by atoms with Gasteiger partial charge in [0.1, 0.15) is 4.90 Å². The minimum absolute atomic E-state index is 0.0544. The van der Waals surface area contributed by atoms with Crippen LogP contribution in [0.25, 0.3) is 0 Å². The highest BCUT2D eigenvalue weighted by Gasteiger charge is 2.41. The number of benzene rings is 1. The van der Waals surface area contributed by atoms with Crippen molar-refractivity contribution in [2.24, 2.45) is 11.8 Å². The molecular weight excluding hydrogens is 305 g/mol. The van der Waals surface area contributed by atoms with Crippen molar-refractivity contribution in [2.45, 2.75) is 36.6 Å². The molecule has 3 atom stereocenters. The lowest BCUT2D eigenvalue weighted by Gasteiger charge is -2.23. The summed E-state index contributed by atoms with van der Waals surface area (Å²) >= 11 is 11.8. The topological polar surface area (TPSA) is 46.2 Å². The van der Waals surface area contributed by atoms with Crippen LogP contribution < -0.4 is 4.72 Å². The summed E-state index contributed by atoms with van der Waals surface area (Å²) in [5, 5.41) is 0.581. The quantitative estimate of drug-likeness (QED) is 0.927. The summed E-state index contributed by atoms with van der Waals surface area (Å²) in [6.45, 7) is 0. The summed E-state index contributed by atoms with van der Waals surface area (Å²) < 4.78 is 27.6. The van der Waals surface area contributed by atoms with Crippen molar-refractivity contribution in [3.8, 4) is 0 Å². The molecule has 3 nitrogen and oxygen atoms in total. The smallest absolute Gasteiger partial charge is 0.208 e. The molecule has 2 bridgehead atoms. The Morgan fingerprint density at radius 1 is 1.16 bits per heavy atom. The minimum Gasteiger partial charge on any atom is -0.208 e. The molecule has 2 saturated carbocycles. The Morgan fingerprint density at radius 3 is 2.58 bits per heavy atom.